The number of rotatable bonds is 13. The first-order chi connectivity index (χ1) is 11.1. The van der Waals surface area contributed by atoms with Crippen LogP contribution >= 0.6 is 0 Å². The third-order valence-corrected chi connectivity index (χ3v) is 3.45. The van der Waals surface area contributed by atoms with E-state index in [1.165, 1.54) is 7.11 Å². The minimum Gasteiger partial charge on any atom is -0.469 e. The Balaban J connectivity index is 3.58. The molecule has 0 aliphatic heterocycles. The van der Waals surface area contributed by atoms with Crippen molar-refractivity contribution in [1.29, 1.82) is 0 Å². The minimum absolute atomic E-state index is 0.128. The quantitative estimate of drug-likeness (QED) is 0.235. The predicted octanol–water partition coefficient (Wildman–Crippen LogP) is 3.69. The van der Waals surface area contributed by atoms with Crippen LogP contribution in [0.15, 0.2) is 36.5 Å². The van der Waals surface area contributed by atoms with Crippen molar-refractivity contribution in [3.8, 4) is 0 Å². The minimum atomic E-state index is -0.864. The Labute approximate surface area is 140 Å². The number of hydrogen-bond acceptors (Lipinski definition) is 4. The van der Waals surface area contributed by atoms with Crippen LogP contribution in [0.2, 0.25) is 0 Å². The Morgan fingerprint density at radius 2 is 1.61 bits per heavy atom. The van der Waals surface area contributed by atoms with Gasteiger partial charge in [0.15, 0.2) is 0 Å². The summed E-state index contributed by atoms with van der Waals surface area (Å²) in [6.07, 6.45) is 16.8. The molecule has 0 spiro atoms. The Morgan fingerprint density at radius 3 is 2.30 bits per heavy atom. The van der Waals surface area contributed by atoms with Gasteiger partial charge in [0.05, 0.1) is 7.11 Å². The zero-order valence-electron chi connectivity index (χ0n) is 14.5. The number of carbonyl (C=O) groups excluding carboxylic acids is 1. The maximum atomic E-state index is 10.9. The van der Waals surface area contributed by atoms with Crippen LogP contribution in [0.3, 0.4) is 0 Å². The molecule has 0 heterocycles. The van der Waals surface area contributed by atoms with E-state index < -0.39 is 12.2 Å². The fourth-order valence-corrected chi connectivity index (χ4v) is 2.02. The van der Waals surface area contributed by atoms with Crippen molar-refractivity contribution < 1.29 is 19.7 Å². The van der Waals surface area contributed by atoms with E-state index >= 15 is 0 Å². The van der Waals surface area contributed by atoms with Gasteiger partial charge in [-0.05, 0) is 25.7 Å². The molecule has 0 aromatic carbocycles. The highest BCUT2D eigenvalue weighted by Crippen LogP contribution is 2.08. The number of allylic oxidation sites excluding steroid dienone is 4. The maximum absolute atomic E-state index is 10.9. The smallest absolute Gasteiger partial charge is 0.305 e. The van der Waals surface area contributed by atoms with Gasteiger partial charge in [-0.15, -0.1) is 0 Å². The fraction of sp³-hybridized carbons (Fsp3) is 0.632. The van der Waals surface area contributed by atoms with Gasteiger partial charge in [-0.25, -0.2) is 0 Å². The summed E-state index contributed by atoms with van der Waals surface area (Å²) in [5, 5.41) is 19.3. The summed E-state index contributed by atoms with van der Waals surface area (Å²) in [4.78, 5) is 10.9. The molecule has 0 radical (unpaired) electrons. The molecule has 0 saturated carbocycles. The SMILES string of the molecule is CC/C=C\[C@H](O)[C@@H](O)/C=C/C=C\CCCCCCCC(=O)OC. The lowest BCUT2D eigenvalue weighted by molar-refractivity contribution is -0.140. The molecule has 0 rings (SSSR count). The molecule has 23 heavy (non-hydrogen) atoms. The van der Waals surface area contributed by atoms with Gasteiger partial charge in [-0.1, -0.05) is 62.6 Å². The largest absolute Gasteiger partial charge is 0.469 e. The standard InChI is InChI=1S/C19H32O4/c1-3-4-14-17(20)18(21)15-12-10-8-6-5-7-9-11-13-16-19(22)23-2/h4,8,10,12,14-15,17-18,20-21H,3,5-7,9,11,13,16H2,1-2H3/b10-8-,14-4-,15-12+/t17-,18-/m0/s1. The lowest BCUT2D eigenvalue weighted by Crippen LogP contribution is -2.20. The van der Waals surface area contributed by atoms with E-state index in [-0.39, 0.29) is 5.97 Å². The maximum Gasteiger partial charge on any atom is 0.305 e. The van der Waals surface area contributed by atoms with E-state index in [2.05, 4.69) is 10.8 Å². The van der Waals surface area contributed by atoms with E-state index in [1.54, 1.807) is 18.2 Å². The second-order valence-electron chi connectivity index (χ2n) is 5.51. The van der Waals surface area contributed by atoms with E-state index in [4.69, 9.17) is 0 Å². The number of aliphatic hydroxyl groups is 2. The molecule has 0 unspecified atom stereocenters. The number of aliphatic hydroxyl groups excluding tert-OH is 2. The van der Waals surface area contributed by atoms with Crippen LogP contribution in [0.4, 0.5) is 0 Å². The van der Waals surface area contributed by atoms with Crippen molar-refractivity contribution >= 4 is 5.97 Å². The summed E-state index contributed by atoms with van der Waals surface area (Å²) in [7, 11) is 1.42. The highest BCUT2D eigenvalue weighted by molar-refractivity contribution is 5.68. The fourth-order valence-electron chi connectivity index (χ4n) is 2.02. The molecule has 2 atom stereocenters. The van der Waals surface area contributed by atoms with Gasteiger partial charge in [-0.2, -0.15) is 0 Å². The zero-order valence-corrected chi connectivity index (χ0v) is 14.5. The summed E-state index contributed by atoms with van der Waals surface area (Å²) in [6.45, 7) is 1.98. The highest BCUT2D eigenvalue weighted by atomic mass is 16.5. The van der Waals surface area contributed by atoms with Crippen LogP contribution in [0, 0.1) is 0 Å². The normalized spacial score (nSPS) is 14.8. The number of hydrogen-bond donors (Lipinski definition) is 2. The Hall–Kier alpha value is -1.39. The Kier molecular flexibility index (Phi) is 14.6. The van der Waals surface area contributed by atoms with Gasteiger partial charge in [0, 0.05) is 6.42 Å². The van der Waals surface area contributed by atoms with Crippen molar-refractivity contribution in [2.45, 2.75) is 70.5 Å². The van der Waals surface area contributed by atoms with Crippen LogP contribution in [0.25, 0.3) is 0 Å². The number of unbranched alkanes of at least 4 members (excludes halogenated alkanes) is 5. The summed E-state index contributed by atoms with van der Waals surface area (Å²) >= 11 is 0. The van der Waals surface area contributed by atoms with Crippen molar-refractivity contribution in [1.82, 2.24) is 0 Å². The third-order valence-electron chi connectivity index (χ3n) is 3.45. The number of methoxy groups -OCH3 is 1. The topological polar surface area (TPSA) is 66.8 Å². The molecular weight excluding hydrogens is 292 g/mol. The van der Waals surface area contributed by atoms with Gasteiger partial charge < -0.3 is 14.9 Å². The van der Waals surface area contributed by atoms with Gasteiger partial charge >= 0.3 is 5.97 Å². The molecule has 4 nitrogen and oxygen atoms in total. The van der Waals surface area contributed by atoms with E-state index in [0.29, 0.717) is 6.42 Å². The second kappa shape index (κ2) is 15.5. The van der Waals surface area contributed by atoms with Gasteiger partial charge in [-0.3, -0.25) is 4.79 Å². The van der Waals surface area contributed by atoms with Crippen molar-refractivity contribution in [3.05, 3.63) is 36.5 Å². The first-order valence-corrected chi connectivity index (χ1v) is 8.54. The summed E-state index contributed by atoms with van der Waals surface area (Å²) < 4.78 is 4.59. The molecule has 0 fully saturated rings. The van der Waals surface area contributed by atoms with E-state index in [0.717, 1.165) is 44.9 Å². The Morgan fingerprint density at radius 1 is 0.957 bits per heavy atom. The molecule has 0 aliphatic carbocycles. The molecule has 0 saturated heterocycles. The van der Waals surface area contributed by atoms with E-state index in [1.807, 2.05) is 19.1 Å². The first-order valence-electron chi connectivity index (χ1n) is 8.54. The monoisotopic (exact) mass is 324 g/mol. The average molecular weight is 324 g/mol. The van der Waals surface area contributed by atoms with Gasteiger partial charge in [0.25, 0.3) is 0 Å². The number of carbonyl (C=O) groups is 1. The van der Waals surface area contributed by atoms with Gasteiger partial charge in [0.1, 0.15) is 12.2 Å². The third kappa shape index (κ3) is 14.0. The van der Waals surface area contributed by atoms with E-state index in [9.17, 15) is 15.0 Å². The Bertz CT molecular complexity index is 372. The number of ether oxygens (including phenoxy) is 1. The molecule has 0 aromatic rings. The molecule has 2 N–H and O–H groups in total. The number of esters is 1. The van der Waals surface area contributed by atoms with Crippen LogP contribution in [0.1, 0.15) is 58.3 Å². The summed E-state index contributed by atoms with van der Waals surface area (Å²) in [6, 6.07) is 0. The van der Waals surface area contributed by atoms with Crippen LogP contribution in [-0.2, 0) is 9.53 Å². The lowest BCUT2D eigenvalue weighted by Gasteiger charge is -2.09. The molecular formula is C19H32O4. The average Bonchev–Trinajstić information content (AvgIpc) is 2.56. The molecule has 0 aliphatic rings. The summed E-state index contributed by atoms with van der Waals surface area (Å²) in [5.74, 6) is -0.128. The van der Waals surface area contributed by atoms with Crippen molar-refractivity contribution in [3.63, 3.8) is 0 Å². The summed E-state index contributed by atoms with van der Waals surface area (Å²) in [5.41, 5.74) is 0. The molecule has 0 bridgehead atoms. The van der Waals surface area contributed by atoms with Crippen LogP contribution in [0.5, 0.6) is 0 Å². The van der Waals surface area contributed by atoms with Crippen LogP contribution in [-0.4, -0.2) is 35.5 Å². The highest BCUT2D eigenvalue weighted by Gasteiger charge is 2.07. The van der Waals surface area contributed by atoms with Gasteiger partial charge in [0.2, 0.25) is 0 Å². The predicted molar refractivity (Wildman–Crippen MR) is 94.1 cm³/mol. The zero-order chi connectivity index (χ0) is 17.3. The van der Waals surface area contributed by atoms with Crippen LogP contribution < -0.4 is 0 Å². The van der Waals surface area contributed by atoms with Crippen molar-refractivity contribution in [2.75, 3.05) is 7.11 Å². The lowest BCUT2D eigenvalue weighted by atomic mass is 10.1. The molecule has 0 amide bonds. The van der Waals surface area contributed by atoms with Crippen molar-refractivity contribution in [2.24, 2.45) is 0 Å². The first kappa shape index (κ1) is 21.6. The molecule has 4 heteroatoms. The molecule has 0 aromatic heterocycles. The second-order valence-corrected chi connectivity index (χ2v) is 5.51. The molecule has 132 valence electrons.